The van der Waals surface area contributed by atoms with E-state index < -0.39 is 0 Å². The molecule has 1 aromatic heterocycles. The van der Waals surface area contributed by atoms with Crippen molar-refractivity contribution >= 4 is 17.6 Å². The van der Waals surface area contributed by atoms with E-state index in [0.717, 1.165) is 6.42 Å². The van der Waals surface area contributed by atoms with Crippen LogP contribution in [0.25, 0.3) is 0 Å². The van der Waals surface area contributed by atoms with Gasteiger partial charge in [-0.25, -0.2) is 4.98 Å². The molecule has 1 unspecified atom stereocenters. The van der Waals surface area contributed by atoms with E-state index in [2.05, 4.69) is 9.97 Å². The lowest BCUT2D eigenvalue weighted by atomic mass is 10.1. The zero-order valence-electron chi connectivity index (χ0n) is 8.74. The second-order valence-corrected chi connectivity index (χ2v) is 3.57. The summed E-state index contributed by atoms with van der Waals surface area (Å²) in [7, 11) is 0. The molecule has 0 radical (unpaired) electrons. The summed E-state index contributed by atoms with van der Waals surface area (Å²) in [6, 6.07) is 0. The number of ether oxygens (including phenoxy) is 1. The molecule has 4 nitrogen and oxygen atoms in total. The van der Waals surface area contributed by atoms with Crippen LogP contribution in [0.1, 0.15) is 26.0 Å². The third-order valence-electron chi connectivity index (χ3n) is 2.09. The van der Waals surface area contributed by atoms with Gasteiger partial charge in [0.25, 0.3) is 0 Å². The molecule has 82 valence electrons. The highest BCUT2D eigenvalue weighted by molar-refractivity contribution is 6.29. The molecule has 15 heavy (non-hydrogen) atoms. The highest BCUT2D eigenvalue weighted by Gasteiger charge is 2.13. The van der Waals surface area contributed by atoms with E-state index in [1.165, 1.54) is 12.4 Å². The van der Waals surface area contributed by atoms with Crippen molar-refractivity contribution < 1.29 is 9.53 Å². The maximum atomic E-state index is 11.3. The van der Waals surface area contributed by atoms with E-state index in [0.29, 0.717) is 5.69 Å². The van der Waals surface area contributed by atoms with Crippen LogP contribution in [0.3, 0.4) is 0 Å². The van der Waals surface area contributed by atoms with Crippen LogP contribution in [-0.2, 0) is 16.1 Å². The molecule has 0 aromatic carbocycles. The van der Waals surface area contributed by atoms with Crippen molar-refractivity contribution in [3.8, 4) is 0 Å². The van der Waals surface area contributed by atoms with E-state index >= 15 is 0 Å². The molecule has 1 aromatic rings. The number of rotatable bonds is 4. The predicted octanol–water partition coefficient (Wildman–Crippen LogP) is 2.22. The van der Waals surface area contributed by atoms with Crippen molar-refractivity contribution in [2.75, 3.05) is 0 Å². The van der Waals surface area contributed by atoms with Gasteiger partial charge in [0, 0.05) is 12.4 Å². The standard InChI is InChI=1S/C10H13ClN2O2/c1-3-7(2)10(14)15-6-8-9(11)13-5-4-12-8/h4-5,7H,3,6H2,1-2H3. The summed E-state index contributed by atoms with van der Waals surface area (Å²) in [6.07, 6.45) is 3.76. The first-order valence-corrected chi connectivity index (χ1v) is 5.15. The van der Waals surface area contributed by atoms with E-state index in [9.17, 15) is 4.79 Å². The fourth-order valence-corrected chi connectivity index (χ4v) is 1.05. The van der Waals surface area contributed by atoms with Gasteiger partial charge in [0.1, 0.15) is 12.3 Å². The maximum Gasteiger partial charge on any atom is 0.309 e. The molecule has 1 rings (SSSR count). The molecule has 0 amide bonds. The predicted molar refractivity (Wildman–Crippen MR) is 56.3 cm³/mol. The second-order valence-electron chi connectivity index (χ2n) is 3.21. The van der Waals surface area contributed by atoms with Crippen molar-refractivity contribution in [3.63, 3.8) is 0 Å². The Balaban J connectivity index is 2.51. The minimum Gasteiger partial charge on any atom is -0.459 e. The largest absolute Gasteiger partial charge is 0.459 e. The summed E-state index contributed by atoms with van der Waals surface area (Å²) >= 11 is 5.76. The molecule has 5 heteroatoms. The number of carbonyl (C=O) groups excluding carboxylic acids is 1. The van der Waals surface area contributed by atoms with E-state index in [4.69, 9.17) is 16.3 Å². The molecule has 0 aliphatic carbocycles. The van der Waals surface area contributed by atoms with Crippen LogP contribution in [0.5, 0.6) is 0 Å². The van der Waals surface area contributed by atoms with Gasteiger partial charge in [-0.3, -0.25) is 9.78 Å². The van der Waals surface area contributed by atoms with Crippen LogP contribution in [0.15, 0.2) is 12.4 Å². The zero-order chi connectivity index (χ0) is 11.3. The summed E-state index contributed by atoms with van der Waals surface area (Å²) in [6.45, 7) is 3.83. The summed E-state index contributed by atoms with van der Waals surface area (Å²) in [5.74, 6) is -0.334. The Hall–Kier alpha value is -1.16. The Labute approximate surface area is 93.6 Å². The lowest BCUT2D eigenvalue weighted by Crippen LogP contribution is -2.14. The smallest absolute Gasteiger partial charge is 0.309 e. The van der Waals surface area contributed by atoms with Crippen LogP contribution < -0.4 is 0 Å². The number of carbonyl (C=O) groups is 1. The van der Waals surface area contributed by atoms with Gasteiger partial charge in [0.2, 0.25) is 0 Å². The van der Waals surface area contributed by atoms with Crippen LogP contribution in [-0.4, -0.2) is 15.9 Å². The molecule has 0 N–H and O–H groups in total. The Kier molecular flexibility index (Phi) is 4.49. The van der Waals surface area contributed by atoms with E-state index in [1.807, 2.05) is 13.8 Å². The molecule has 0 spiro atoms. The molecule has 0 bridgehead atoms. The molecular formula is C10H13ClN2O2. The topological polar surface area (TPSA) is 52.1 Å². The van der Waals surface area contributed by atoms with Crippen LogP contribution in [0.2, 0.25) is 5.15 Å². The monoisotopic (exact) mass is 228 g/mol. The van der Waals surface area contributed by atoms with Gasteiger partial charge in [-0.2, -0.15) is 0 Å². The molecule has 1 heterocycles. The summed E-state index contributed by atoms with van der Waals surface area (Å²) in [5, 5.41) is 0.273. The molecule has 0 saturated heterocycles. The molecule has 0 saturated carbocycles. The number of hydrogen-bond donors (Lipinski definition) is 0. The van der Waals surface area contributed by atoms with Gasteiger partial charge in [-0.1, -0.05) is 25.4 Å². The molecule has 1 atom stereocenters. The van der Waals surface area contributed by atoms with Crippen molar-refractivity contribution in [1.82, 2.24) is 9.97 Å². The maximum absolute atomic E-state index is 11.3. The lowest BCUT2D eigenvalue weighted by molar-refractivity contribution is -0.149. The number of nitrogens with zero attached hydrogens (tertiary/aromatic N) is 2. The van der Waals surface area contributed by atoms with Gasteiger partial charge in [0.05, 0.1) is 5.92 Å². The fraction of sp³-hybridized carbons (Fsp3) is 0.500. The summed E-state index contributed by atoms with van der Waals surface area (Å²) < 4.78 is 5.04. The third-order valence-corrected chi connectivity index (χ3v) is 2.40. The van der Waals surface area contributed by atoms with Crippen molar-refractivity contribution in [1.29, 1.82) is 0 Å². The number of aromatic nitrogens is 2. The molecule has 0 aliphatic heterocycles. The third kappa shape index (κ3) is 3.47. The van der Waals surface area contributed by atoms with Gasteiger partial charge in [0.15, 0.2) is 5.15 Å². The van der Waals surface area contributed by atoms with Crippen molar-refractivity contribution in [2.45, 2.75) is 26.9 Å². The minimum absolute atomic E-state index is 0.0792. The second kappa shape index (κ2) is 5.66. The SMILES string of the molecule is CCC(C)C(=O)OCc1nccnc1Cl. The Morgan fingerprint density at radius 2 is 2.20 bits per heavy atom. The van der Waals surface area contributed by atoms with Crippen molar-refractivity contribution in [3.05, 3.63) is 23.2 Å². The number of halogens is 1. The average molecular weight is 229 g/mol. The van der Waals surface area contributed by atoms with Gasteiger partial charge in [-0.05, 0) is 6.42 Å². The first-order valence-electron chi connectivity index (χ1n) is 4.77. The Morgan fingerprint density at radius 3 is 2.80 bits per heavy atom. The minimum atomic E-state index is -0.237. The van der Waals surface area contributed by atoms with Crippen molar-refractivity contribution in [2.24, 2.45) is 5.92 Å². The van der Waals surface area contributed by atoms with E-state index in [1.54, 1.807) is 0 Å². The van der Waals surface area contributed by atoms with Crippen LogP contribution in [0, 0.1) is 5.92 Å². The van der Waals surface area contributed by atoms with Gasteiger partial charge < -0.3 is 4.74 Å². The Morgan fingerprint density at radius 1 is 1.53 bits per heavy atom. The van der Waals surface area contributed by atoms with Crippen LogP contribution in [0.4, 0.5) is 0 Å². The summed E-state index contributed by atoms with van der Waals surface area (Å²) in [4.78, 5) is 19.1. The molecule has 0 fully saturated rings. The first-order chi connectivity index (χ1) is 7.15. The van der Waals surface area contributed by atoms with Crippen LogP contribution >= 0.6 is 11.6 Å². The van der Waals surface area contributed by atoms with Gasteiger partial charge >= 0.3 is 5.97 Å². The first kappa shape index (κ1) is 11.9. The fourth-order valence-electron chi connectivity index (χ4n) is 0.895. The quantitative estimate of drug-likeness (QED) is 0.742. The van der Waals surface area contributed by atoms with Gasteiger partial charge in [-0.15, -0.1) is 0 Å². The Bertz CT molecular complexity index is 344. The molecular weight excluding hydrogens is 216 g/mol. The summed E-state index contributed by atoms with van der Waals surface area (Å²) in [5.41, 5.74) is 0.482. The normalized spacial score (nSPS) is 12.2. The van der Waals surface area contributed by atoms with E-state index in [-0.39, 0.29) is 23.6 Å². The zero-order valence-corrected chi connectivity index (χ0v) is 9.49. The highest BCUT2D eigenvalue weighted by atomic mass is 35.5. The average Bonchev–Trinajstić information content (AvgIpc) is 2.26. The lowest BCUT2D eigenvalue weighted by Gasteiger charge is -2.08. The number of esters is 1. The molecule has 0 aliphatic rings. The number of hydrogen-bond acceptors (Lipinski definition) is 4. The highest BCUT2D eigenvalue weighted by Crippen LogP contribution is 2.11.